The molecule has 1 aromatic carbocycles. The lowest BCUT2D eigenvalue weighted by atomic mass is 10.1. The lowest BCUT2D eigenvalue weighted by Gasteiger charge is -2.13. The average molecular weight is 386 g/mol. The number of hydrogen-bond acceptors (Lipinski definition) is 5. The Bertz CT molecular complexity index is 898. The summed E-state index contributed by atoms with van der Waals surface area (Å²) in [4.78, 5) is 39.5. The monoisotopic (exact) mass is 386 g/mol. The number of esters is 2. The first-order valence-corrected chi connectivity index (χ1v) is 9.21. The van der Waals surface area contributed by atoms with E-state index >= 15 is 0 Å². The maximum absolute atomic E-state index is 12.4. The van der Waals surface area contributed by atoms with E-state index in [1.807, 2.05) is 32.0 Å². The maximum atomic E-state index is 12.4. The molecule has 0 atom stereocenters. The van der Waals surface area contributed by atoms with E-state index in [0.29, 0.717) is 16.8 Å². The molecular formula is C21H26N2O5. The van der Waals surface area contributed by atoms with Gasteiger partial charge in [-0.2, -0.15) is 0 Å². The van der Waals surface area contributed by atoms with Crippen LogP contribution < -0.4 is 5.32 Å². The molecule has 0 aliphatic rings. The Balaban J connectivity index is 2.06. The standard InChI is InChI=1S/C21H26N2O5/c1-6-15-10-8-9-12(3)18(15)23-16(24)11-28-21(26)19-13(4)17(14(5)22-19)20(25)27-7-2/h8-10,22H,6-7,11H2,1-5H3,(H,23,24). The lowest BCUT2D eigenvalue weighted by Crippen LogP contribution is -2.22. The van der Waals surface area contributed by atoms with Crippen molar-refractivity contribution in [2.45, 2.75) is 41.0 Å². The van der Waals surface area contributed by atoms with Crippen molar-refractivity contribution in [1.82, 2.24) is 4.98 Å². The molecule has 0 bridgehead atoms. The molecule has 7 heteroatoms. The van der Waals surface area contributed by atoms with E-state index in [2.05, 4.69) is 10.3 Å². The van der Waals surface area contributed by atoms with Crippen molar-refractivity contribution >= 4 is 23.5 Å². The zero-order valence-electron chi connectivity index (χ0n) is 16.9. The van der Waals surface area contributed by atoms with Crippen LogP contribution in [0.15, 0.2) is 18.2 Å². The van der Waals surface area contributed by atoms with Crippen molar-refractivity contribution in [3.63, 3.8) is 0 Å². The Morgan fingerprint density at radius 2 is 1.75 bits per heavy atom. The summed E-state index contributed by atoms with van der Waals surface area (Å²) in [6.45, 7) is 8.73. The molecule has 1 heterocycles. The van der Waals surface area contributed by atoms with E-state index < -0.39 is 24.5 Å². The average Bonchev–Trinajstić information content (AvgIpc) is 2.96. The minimum absolute atomic E-state index is 0.137. The van der Waals surface area contributed by atoms with E-state index in [1.54, 1.807) is 20.8 Å². The summed E-state index contributed by atoms with van der Waals surface area (Å²) in [5, 5.41) is 2.80. The van der Waals surface area contributed by atoms with Crippen molar-refractivity contribution in [2.24, 2.45) is 0 Å². The number of nitrogens with one attached hydrogen (secondary N) is 2. The second kappa shape index (κ2) is 9.21. The van der Waals surface area contributed by atoms with Crippen LogP contribution in [0.2, 0.25) is 0 Å². The first kappa shape index (κ1) is 21.2. The van der Waals surface area contributed by atoms with Gasteiger partial charge < -0.3 is 19.8 Å². The third-order valence-electron chi connectivity index (χ3n) is 4.46. The van der Waals surface area contributed by atoms with Gasteiger partial charge in [0.2, 0.25) is 0 Å². The molecule has 2 aromatic rings. The number of carbonyl (C=O) groups is 3. The first-order valence-electron chi connectivity index (χ1n) is 9.21. The molecule has 0 radical (unpaired) electrons. The van der Waals surface area contributed by atoms with Crippen LogP contribution in [0.4, 0.5) is 5.69 Å². The molecule has 0 spiro atoms. The number of carbonyl (C=O) groups excluding carboxylic acids is 3. The van der Waals surface area contributed by atoms with Gasteiger partial charge in [-0.3, -0.25) is 4.79 Å². The van der Waals surface area contributed by atoms with Crippen LogP contribution in [0.3, 0.4) is 0 Å². The summed E-state index contributed by atoms with van der Waals surface area (Å²) in [6, 6.07) is 5.78. The van der Waals surface area contributed by atoms with Crippen LogP contribution in [0.25, 0.3) is 0 Å². The Kier molecular flexibility index (Phi) is 6.98. The Labute approximate surface area is 164 Å². The van der Waals surface area contributed by atoms with Gasteiger partial charge in [0.15, 0.2) is 6.61 Å². The molecule has 0 aliphatic carbocycles. The van der Waals surface area contributed by atoms with Crippen molar-refractivity contribution in [1.29, 1.82) is 0 Å². The highest BCUT2D eigenvalue weighted by Crippen LogP contribution is 2.22. The van der Waals surface area contributed by atoms with Gasteiger partial charge in [-0.1, -0.05) is 25.1 Å². The van der Waals surface area contributed by atoms with Gasteiger partial charge in [0.25, 0.3) is 5.91 Å². The number of hydrogen-bond donors (Lipinski definition) is 2. The highest BCUT2D eigenvalue weighted by atomic mass is 16.5. The molecule has 150 valence electrons. The number of para-hydroxylation sites is 1. The predicted molar refractivity (Wildman–Crippen MR) is 106 cm³/mol. The van der Waals surface area contributed by atoms with Crippen LogP contribution in [0.1, 0.15) is 57.1 Å². The number of aromatic nitrogens is 1. The quantitative estimate of drug-likeness (QED) is 0.710. The van der Waals surface area contributed by atoms with Crippen molar-refractivity contribution in [3.8, 4) is 0 Å². The third-order valence-corrected chi connectivity index (χ3v) is 4.46. The summed E-state index contributed by atoms with van der Waals surface area (Å²) in [5.41, 5.74) is 4.09. The minimum atomic E-state index is -0.702. The number of amides is 1. The first-order chi connectivity index (χ1) is 13.3. The Morgan fingerprint density at radius 1 is 1.04 bits per heavy atom. The minimum Gasteiger partial charge on any atom is -0.462 e. The molecule has 0 saturated heterocycles. The fourth-order valence-corrected chi connectivity index (χ4v) is 3.04. The summed E-state index contributed by atoms with van der Waals surface area (Å²) in [7, 11) is 0. The molecule has 1 aromatic heterocycles. The van der Waals surface area contributed by atoms with E-state index in [0.717, 1.165) is 23.2 Å². The van der Waals surface area contributed by atoms with Crippen molar-refractivity contribution < 1.29 is 23.9 Å². The highest BCUT2D eigenvalue weighted by molar-refractivity contribution is 6.00. The van der Waals surface area contributed by atoms with Gasteiger partial charge in [-0.05, 0) is 50.8 Å². The Morgan fingerprint density at radius 3 is 2.39 bits per heavy atom. The molecule has 7 nitrogen and oxygen atoms in total. The van der Waals surface area contributed by atoms with Crippen molar-refractivity contribution in [2.75, 3.05) is 18.5 Å². The van der Waals surface area contributed by atoms with Crippen LogP contribution in [-0.4, -0.2) is 36.0 Å². The molecule has 1 amide bonds. The van der Waals surface area contributed by atoms with Crippen LogP contribution in [-0.2, 0) is 20.7 Å². The predicted octanol–water partition coefficient (Wildman–Crippen LogP) is 3.47. The second-order valence-corrected chi connectivity index (χ2v) is 6.43. The number of rotatable bonds is 7. The smallest absolute Gasteiger partial charge is 0.355 e. The van der Waals surface area contributed by atoms with E-state index in [9.17, 15) is 14.4 Å². The zero-order valence-corrected chi connectivity index (χ0v) is 16.9. The molecule has 0 unspecified atom stereocenters. The van der Waals surface area contributed by atoms with Crippen LogP contribution >= 0.6 is 0 Å². The summed E-state index contributed by atoms with van der Waals surface area (Å²) >= 11 is 0. The van der Waals surface area contributed by atoms with Crippen LogP contribution in [0.5, 0.6) is 0 Å². The number of aryl methyl sites for hydroxylation is 3. The molecular weight excluding hydrogens is 360 g/mol. The molecule has 28 heavy (non-hydrogen) atoms. The van der Waals surface area contributed by atoms with Gasteiger partial charge in [0, 0.05) is 11.4 Å². The Hall–Kier alpha value is -3.09. The van der Waals surface area contributed by atoms with Gasteiger partial charge in [0.05, 0.1) is 12.2 Å². The number of H-pyrrole nitrogens is 1. The summed E-state index contributed by atoms with van der Waals surface area (Å²) in [6.07, 6.45) is 0.772. The lowest BCUT2D eigenvalue weighted by molar-refractivity contribution is -0.119. The topological polar surface area (TPSA) is 97.5 Å². The highest BCUT2D eigenvalue weighted by Gasteiger charge is 2.24. The fourth-order valence-electron chi connectivity index (χ4n) is 3.04. The van der Waals surface area contributed by atoms with Gasteiger partial charge in [-0.25, -0.2) is 9.59 Å². The number of aromatic amines is 1. The van der Waals surface area contributed by atoms with Crippen LogP contribution in [0, 0.1) is 20.8 Å². The van der Waals surface area contributed by atoms with E-state index in [1.165, 1.54) is 0 Å². The SMILES string of the molecule is CCOC(=O)c1c(C)[nH]c(C(=O)OCC(=O)Nc2c(C)cccc2CC)c1C. The van der Waals surface area contributed by atoms with E-state index in [4.69, 9.17) is 9.47 Å². The third kappa shape index (κ3) is 4.60. The van der Waals surface area contributed by atoms with Gasteiger partial charge in [0.1, 0.15) is 5.69 Å². The number of anilines is 1. The zero-order chi connectivity index (χ0) is 20.8. The van der Waals surface area contributed by atoms with Gasteiger partial charge >= 0.3 is 11.9 Å². The van der Waals surface area contributed by atoms with E-state index in [-0.39, 0.29) is 12.3 Å². The molecule has 2 rings (SSSR count). The largest absolute Gasteiger partial charge is 0.462 e. The number of benzene rings is 1. The van der Waals surface area contributed by atoms with Crippen molar-refractivity contribution in [3.05, 3.63) is 51.8 Å². The normalized spacial score (nSPS) is 10.5. The molecule has 0 saturated carbocycles. The molecule has 2 N–H and O–H groups in total. The summed E-state index contributed by atoms with van der Waals surface area (Å²) in [5.74, 6) is -1.63. The molecule has 0 fully saturated rings. The maximum Gasteiger partial charge on any atom is 0.355 e. The van der Waals surface area contributed by atoms with Gasteiger partial charge in [-0.15, -0.1) is 0 Å². The molecule has 0 aliphatic heterocycles. The second-order valence-electron chi connectivity index (χ2n) is 6.43. The fraction of sp³-hybridized carbons (Fsp3) is 0.381. The number of ether oxygens (including phenoxy) is 2. The summed E-state index contributed by atoms with van der Waals surface area (Å²) < 4.78 is 10.1.